The second kappa shape index (κ2) is 6.34. The highest BCUT2D eigenvalue weighted by Gasteiger charge is 2.19. The lowest BCUT2D eigenvalue weighted by molar-refractivity contribution is 0.102. The Balaban J connectivity index is 1.55. The van der Waals surface area contributed by atoms with Crippen LogP contribution in [0.2, 0.25) is 0 Å². The maximum Gasteiger partial charge on any atom is 0.263 e. The van der Waals surface area contributed by atoms with Gasteiger partial charge < -0.3 is 8.98 Å². The minimum absolute atomic E-state index is 0.316. The summed E-state index contributed by atoms with van der Waals surface area (Å²) in [7, 11) is 0. The summed E-state index contributed by atoms with van der Waals surface area (Å²) < 4.78 is 9.01. The van der Waals surface area contributed by atoms with E-state index in [-0.39, 0.29) is 5.91 Å². The molecule has 1 amide bonds. The fraction of sp³-hybridized carbons (Fsp3) is 0.100. The molecule has 1 N–H and O–H groups in total. The quantitative estimate of drug-likeness (QED) is 0.520. The van der Waals surface area contributed by atoms with E-state index in [1.54, 1.807) is 29.1 Å². The Morgan fingerprint density at radius 1 is 1.18 bits per heavy atom. The number of rotatable bonds is 4. The van der Waals surface area contributed by atoms with E-state index in [2.05, 4.69) is 20.4 Å². The summed E-state index contributed by atoms with van der Waals surface area (Å²) in [6.45, 7) is 2.70. The van der Waals surface area contributed by atoms with Crippen molar-refractivity contribution in [3.05, 3.63) is 66.7 Å². The van der Waals surface area contributed by atoms with Crippen LogP contribution >= 0.6 is 0 Å². The lowest BCUT2D eigenvalue weighted by Gasteiger charge is -2.07. The highest BCUT2D eigenvalue weighted by Crippen LogP contribution is 2.23. The summed E-state index contributed by atoms with van der Waals surface area (Å²) in [5.41, 5.74) is 3.33. The molecule has 0 bridgehead atoms. The first-order chi connectivity index (χ1) is 13.8. The summed E-state index contributed by atoms with van der Waals surface area (Å²) in [5, 5.41) is 7.22. The highest BCUT2D eigenvalue weighted by molar-refractivity contribution is 6.08. The molecular formula is C20H16N6O2. The molecule has 5 aromatic rings. The predicted octanol–water partition coefficient (Wildman–Crippen LogP) is 3.61. The molecule has 0 spiro atoms. The lowest BCUT2D eigenvalue weighted by atomic mass is 10.3. The van der Waals surface area contributed by atoms with Crippen LogP contribution in [0.25, 0.3) is 28.1 Å². The Bertz CT molecular complexity index is 1300. The van der Waals surface area contributed by atoms with Crippen LogP contribution in [0.15, 0.2) is 65.5 Å². The van der Waals surface area contributed by atoms with Gasteiger partial charge in [0, 0.05) is 12.7 Å². The average Bonchev–Trinajstić information content (AvgIpc) is 3.45. The second-order valence-corrected chi connectivity index (χ2v) is 6.22. The fourth-order valence-corrected chi connectivity index (χ4v) is 3.32. The second-order valence-electron chi connectivity index (χ2n) is 6.22. The zero-order valence-corrected chi connectivity index (χ0v) is 15.0. The van der Waals surface area contributed by atoms with Crippen molar-refractivity contribution >= 4 is 28.5 Å². The number of amides is 1. The highest BCUT2D eigenvalue weighted by atomic mass is 16.3. The van der Waals surface area contributed by atoms with Crippen LogP contribution in [0, 0.1) is 0 Å². The summed E-state index contributed by atoms with van der Waals surface area (Å²) in [4.78, 5) is 21.8. The minimum atomic E-state index is -0.316. The molecule has 138 valence electrons. The summed E-state index contributed by atoms with van der Waals surface area (Å²) in [5.74, 6) is 0.828. The standard InChI is InChI=1S/C20H16N6O2/c1-2-25-15-7-4-3-6-14(15)23-20(25)24-19(27)13-12-22-26-16(9-10-21-18(13)26)17-8-5-11-28-17/h3-12H,2H2,1H3,(H,23,24,27). The van der Waals surface area contributed by atoms with Gasteiger partial charge in [0.2, 0.25) is 5.95 Å². The summed E-state index contributed by atoms with van der Waals surface area (Å²) in [6.07, 6.45) is 4.73. The number of nitrogens with one attached hydrogen (secondary N) is 1. The van der Waals surface area contributed by atoms with Crippen LogP contribution < -0.4 is 5.32 Å². The molecule has 28 heavy (non-hydrogen) atoms. The average molecular weight is 372 g/mol. The van der Waals surface area contributed by atoms with Crippen molar-refractivity contribution < 1.29 is 9.21 Å². The van der Waals surface area contributed by atoms with Crippen molar-refractivity contribution in [3.8, 4) is 11.5 Å². The van der Waals surface area contributed by atoms with Crippen molar-refractivity contribution in [2.24, 2.45) is 0 Å². The van der Waals surface area contributed by atoms with Crippen LogP contribution in [0.1, 0.15) is 17.3 Å². The van der Waals surface area contributed by atoms with Gasteiger partial charge in [-0.25, -0.2) is 14.5 Å². The van der Waals surface area contributed by atoms with Gasteiger partial charge in [-0.15, -0.1) is 0 Å². The number of nitrogens with zero attached hydrogens (tertiary/aromatic N) is 5. The molecule has 0 atom stereocenters. The number of imidazole rings is 1. The number of hydrogen-bond acceptors (Lipinski definition) is 5. The predicted molar refractivity (Wildman–Crippen MR) is 104 cm³/mol. The molecule has 4 aromatic heterocycles. The molecule has 0 saturated carbocycles. The molecule has 0 saturated heterocycles. The zero-order valence-electron chi connectivity index (χ0n) is 15.0. The lowest BCUT2D eigenvalue weighted by Crippen LogP contribution is -2.16. The monoisotopic (exact) mass is 372 g/mol. The van der Waals surface area contributed by atoms with Gasteiger partial charge in [0.15, 0.2) is 11.4 Å². The van der Waals surface area contributed by atoms with Crippen LogP contribution in [0.5, 0.6) is 0 Å². The number of para-hydroxylation sites is 2. The Labute approximate surface area is 159 Å². The molecule has 8 nitrogen and oxygen atoms in total. The number of carbonyl (C=O) groups is 1. The van der Waals surface area contributed by atoms with Crippen LogP contribution in [0.3, 0.4) is 0 Å². The molecule has 4 heterocycles. The molecule has 8 heteroatoms. The van der Waals surface area contributed by atoms with E-state index in [9.17, 15) is 4.79 Å². The first-order valence-electron chi connectivity index (χ1n) is 8.89. The van der Waals surface area contributed by atoms with Crippen molar-refractivity contribution in [1.29, 1.82) is 0 Å². The van der Waals surface area contributed by atoms with Gasteiger partial charge >= 0.3 is 0 Å². The van der Waals surface area contributed by atoms with Crippen molar-refractivity contribution in [1.82, 2.24) is 24.1 Å². The Hall–Kier alpha value is -3.94. The van der Waals surface area contributed by atoms with Gasteiger partial charge in [-0.3, -0.25) is 10.1 Å². The molecule has 5 rings (SSSR count). The van der Waals surface area contributed by atoms with E-state index in [4.69, 9.17) is 4.42 Å². The van der Waals surface area contributed by atoms with Crippen molar-refractivity contribution in [2.45, 2.75) is 13.5 Å². The molecule has 0 aliphatic carbocycles. The van der Waals surface area contributed by atoms with Gasteiger partial charge in [0.05, 0.1) is 23.5 Å². The molecule has 0 unspecified atom stereocenters. The van der Waals surface area contributed by atoms with E-state index in [0.717, 1.165) is 16.7 Å². The molecule has 0 radical (unpaired) electrons. The van der Waals surface area contributed by atoms with Gasteiger partial charge in [-0.1, -0.05) is 12.1 Å². The number of aromatic nitrogens is 5. The maximum absolute atomic E-state index is 13.0. The normalized spacial score (nSPS) is 11.3. The van der Waals surface area contributed by atoms with Crippen molar-refractivity contribution in [3.63, 3.8) is 0 Å². The maximum atomic E-state index is 13.0. The first-order valence-corrected chi connectivity index (χ1v) is 8.89. The van der Waals surface area contributed by atoms with Crippen molar-refractivity contribution in [2.75, 3.05) is 5.32 Å². The number of hydrogen-bond donors (Lipinski definition) is 1. The number of fused-ring (bicyclic) bond motifs is 2. The molecular weight excluding hydrogens is 356 g/mol. The number of carbonyl (C=O) groups excluding carboxylic acids is 1. The van der Waals surface area contributed by atoms with Gasteiger partial charge in [-0.05, 0) is 37.3 Å². The third-order valence-corrected chi connectivity index (χ3v) is 4.62. The van der Waals surface area contributed by atoms with E-state index in [0.29, 0.717) is 29.5 Å². The summed E-state index contributed by atoms with van der Waals surface area (Å²) in [6, 6.07) is 13.2. The Kier molecular flexibility index (Phi) is 3.68. The third-order valence-electron chi connectivity index (χ3n) is 4.62. The number of benzene rings is 1. The largest absolute Gasteiger partial charge is 0.463 e. The van der Waals surface area contributed by atoms with E-state index in [1.165, 1.54) is 6.20 Å². The Morgan fingerprint density at radius 3 is 2.89 bits per heavy atom. The van der Waals surface area contributed by atoms with Gasteiger partial charge in [0.25, 0.3) is 5.91 Å². The minimum Gasteiger partial charge on any atom is -0.463 e. The molecule has 0 fully saturated rings. The number of anilines is 1. The fourth-order valence-electron chi connectivity index (χ4n) is 3.32. The van der Waals surface area contributed by atoms with Crippen LogP contribution in [0.4, 0.5) is 5.95 Å². The smallest absolute Gasteiger partial charge is 0.263 e. The van der Waals surface area contributed by atoms with E-state index < -0.39 is 0 Å². The zero-order chi connectivity index (χ0) is 19.1. The van der Waals surface area contributed by atoms with Gasteiger partial charge in [0.1, 0.15) is 11.3 Å². The molecule has 0 aliphatic rings. The van der Waals surface area contributed by atoms with E-state index >= 15 is 0 Å². The van der Waals surface area contributed by atoms with Gasteiger partial charge in [-0.2, -0.15) is 5.10 Å². The SMILES string of the molecule is CCn1c(NC(=O)c2cnn3c(-c4ccco4)ccnc23)nc2ccccc21. The third kappa shape index (κ3) is 2.46. The topological polar surface area (TPSA) is 90.2 Å². The summed E-state index contributed by atoms with van der Waals surface area (Å²) >= 11 is 0. The number of aryl methyl sites for hydroxylation is 1. The molecule has 1 aromatic carbocycles. The van der Waals surface area contributed by atoms with Crippen LogP contribution in [-0.4, -0.2) is 30.1 Å². The molecule has 0 aliphatic heterocycles. The van der Waals surface area contributed by atoms with E-state index in [1.807, 2.05) is 41.8 Å². The van der Waals surface area contributed by atoms with Crippen LogP contribution in [-0.2, 0) is 6.54 Å². The number of furan rings is 1. The Morgan fingerprint density at radius 2 is 2.07 bits per heavy atom. The first kappa shape index (κ1) is 16.2.